The molecule has 0 spiro atoms. The lowest BCUT2D eigenvalue weighted by Crippen LogP contribution is -2.32. The van der Waals surface area contributed by atoms with Crippen LogP contribution in [0.3, 0.4) is 0 Å². The Labute approximate surface area is 323 Å². The molecule has 11 rings (SSSR count). The van der Waals surface area contributed by atoms with Crippen molar-refractivity contribution in [1.29, 1.82) is 0 Å². The van der Waals surface area contributed by atoms with E-state index in [1.807, 2.05) is 36.4 Å². The van der Waals surface area contributed by atoms with Crippen molar-refractivity contribution >= 4 is 43.6 Å². The molecule has 7 aromatic carbocycles. The van der Waals surface area contributed by atoms with Crippen molar-refractivity contribution in [3.05, 3.63) is 207 Å². The van der Waals surface area contributed by atoms with Gasteiger partial charge in [-0.2, -0.15) is 0 Å². The van der Waals surface area contributed by atoms with E-state index in [4.69, 9.17) is 9.97 Å². The Morgan fingerprint density at radius 3 is 1.48 bits per heavy atom. The molecule has 262 valence electrons. The molecule has 0 aliphatic carbocycles. The zero-order chi connectivity index (χ0) is 37.0. The third-order valence-electron chi connectivity index (χ3n) is 10.8. The second-order valence-corrected chi connectivity index (χ2v) is 14.1. The summed E-state index contributed by atoms with van der Waals surface area (Å²) in [7, 11) is 0. The highest BCUT2D eigenvalue weighted by Gasteiger charge is 2.20. The summed E-state index contributed by atoms with van der Waals surface area (Å²) in [6.45, 7) is 0. The molecular formula is C51H34N5+. The van der Waals surface area contributed by atoms with Crippen LogP contribution in [-0.2, 0) is 0 Å². The first-order chi connectivity index (χ1) is 27.8. The fourth-order valence-electron chi connectivity index (χ4n) is 8.22. The highest BCUT2D eigenvalue weighted by molar-refractivity contribution is 6.12. The summed E-state index contributed by atoms with van der Waals surface area (Å²) in [4.78, 5) is 10.1. The van der Waals surface area contributed by atoms with Crippen LogP contribution in [0.1, 0.15) is 0 Å². The molecule has 5 nitrogen and oxygen atoms in total. The van der Waals surface area contributed by atoms with Crippen molar-refractivity contribution in [3.8, 4) is 51.0 Å². The quantitative estimate of drug-likeness (QED) is 0.161. The first-order valence-electron chi connectivity index (χ1n) is 18.9. The Morgan fingerprint density at radius 1 is 0.357 bits per heavy atom. The molecule has 0 saturated carbocycles. The molecule has 0 unspecified atom stereocenters. The molecule has 4 aromatic heterocycles. The van der Waals surface area contributed by atoms with Gasteiger partial charge < -0.3 is 9.13 Å². The number of rotatable bonds is 6. The minimum absolute atomic E-state index is 0.687. The Balaban J connectivity index is 1.05. The predicted molar refractivity (Wildman–Crippen MR) is 229 cm³/mol. The van der Waals surface area contributed by atoms with Crippen molar-refractivity contribution < 1.29 is 4.57 Å². The van der Waals surface area contributed by atoms with E-state index in [0.29, 0.717) is 5.82 Å². The van der Waals surface area contributed by atoms with Gasteiger partial charge in [-0.1, -0.05) is 115 Å². The first-order valence-corrected chi connectivity index (χ1v) is 18.9. The third-order valence-corrected chi connectivity index (χ3v) is 10.8. The van der Waals surface area contributed by atoms with Gasteiger partial charge in [0, 0.05) is 38.4 Å². The number of benzene rings is 7. The highest BCUT2D eigenvalue weighted by Crippen LogP contribution is 2.38. The van der Waals surface area contributed by atoms with E-state index in [-0.39, 0.29) is 0 Å². The zero-order valence-electron chi connectivity index (χ0n) is 30.4. The summed E-state index contributed by atoms with van der Waals surface area (Å²) in [5, 5.41) is 4.91. The number of nitrogens with zero attached hydrogens (tertiary/aromatic N) is 5. The molecule has 0 aliphatic rings. The second kappa shape index (κ2) is 13.0. The summed E-state index contributed by atoms with van der Waals surface area (Å²) in [5.74, 6) is 1.48. The molecule has 0 atom stereocenters. The lowest BCUT2D eigenvalue weighted by atomic mass is 10.0. The molecule has 0 aliphatic heterocycles. The summed E-state index contributed by atoms with van der Waals surface area (Å²) < 4.78 is 6.83. The molecular weight excluding hydrogens is 683 g/mol. The molecule has 5 heteroatoms. The van der Waals surface area contributed by atoms with E-state index >= 15 is 0 Å². The number of hydrogen-bond acceptors (Lipinski definition) is 2. The standard InChI is InChI=1S/C51H34N5/c1-4-15-35(16-5-1)45-33-50(53-51(52-45)36-17-6-2-7-18-36)54-30-14-21-40(34-54)56-47-25-13-11-23-42(47)44-32-38(27-29-49(44)56)37-26-28-48-43(31-37)41-22-10-12-24-46(41)55(48)39-19-8-3-9-20-39/h1-34H/q+1. The Hall–Kier alpha value is -7.63. The van der Waals surface area contributed by atoms with Crippen LogP contribution in [0.5, 0.6) is 0 Å². The van der Waals surface area contributed by atoms with Gasteiger partial charge in [-0.15, -0.1) is 0 Å². The predicted octanol–water partition coefficient (Wildman–Crippen LogP) is 11.9. The minimum Gasteiger partial charge on any atom is -0.309 e. The van der Waals surface area contributed by atoms with E-state index in [0.717, 1.165) is 45.0 Å². The average molecular weight is 717 g/mol. The topological polar surface area (TPSA) is 39.5 Å². The van der Waals surface area contributed by atoms with E-state index in [1.165, 1.54) is 43.7 Å². The van der Waals surface area contributed by atoms with E-state index in [1.54, 1.807) is 0 Å². The fraction of sp³-hybridized carbons (Fsp3) is 0. The average Bonchev–Trinajstić information content (AvgIpc) is 3.79. The van der Waals surface area contributed by atoms with E-state index in [9.17, 15) is 0 Å². The van der Waals surface area contributed by atoms with Gasteiger partial charge in [0.25, 0.3) is 5.82 Å². The monoisotopic (exact) mass is 716 g/mol. The number of para-hydroxylation sites is 3. The summed E-state index contributed by atoms with van der Waals surface area (Å²) >= 11 is 0. The van der Waals surface area contributed by atoms with Gasteiger partial charge in [0.05, 0.1) is 45.7 Å². The van der Waals surface area contributed by atoms with Crippen molar-refractivity contribution in [2.24, 2.45) is 0 Å². The maximum atomic E-state index is 5.09. The van der Waals surface area contributed by atoms with Gasteiger partial charge in [0.1, 0.15) is 6.20 Å². The van der Waals surface area contributed by atoms with Crippen LogP contribution < -0.4 is 4.57 Å². The number of hydrogen-bond donors (Lipinski definition) is 0. The minimum atomic E-state index is 0.687. The largest absolute Gasteiger partial charge is 0.332 e. The summed E-state index contributed by atoms with van der Waals surface area (Å²) in [6, 6.07) is 68.6. The molecule has 56 heavy (non-hydrogen) atoms. The summed E-state index contributed by atoms with van der Waals surface area (Å²) in [5.41, 5.74) is 12.2. The molecule has 0 radical (unpaired) electrons. The van der Waals surface area contributed by atoms with Gasteiger partial charge in [0.2, 0.25) is 0 Å². The Kier molecular flexibility index (Phi) is 7.42. The zero-order valence-corrected chi connectivity index (χ0v) is 30.4. The van der Waals surface area contributed by atoms with Crippen molar-refractivity contribution in [1.82, 2.24) is 19.1 Å². The highest BCUT2D eigenvalue weighted by atomic mass is 15.1. The van der Waals surface area contributed by atoms with Gasteiger partial charge in [0.15, 0.2) is 0 Å². The summed E-state index contributed by atoms with van der Waals surface area (Å²) in [6.07, 6.45) is 4.23. The molecule has 11 aromatic rings. The Bertz CT molecular complexity index is 3180. The normalized spacial score (nSPS) is 11.6. The van der Waals surface area contributed by atoms with Gasteiger partial charge >= 0.3 is 5.82 Å². The van der Waals surface area contributed by atoms with Crippen LogP contribution in [0.4, 0.5) is 0 Å². The maximum absolute atomic E-state index is 5.09. The van der Waals surface area contributed by atoms with Gasteiger partial charge in [-0.05, 0) is 88.9 Å². The van der Waals surface area contributed by atoms with Crippen LogP contribution in [0, 0.1) is 0 Å². The smallest absolute Gasteiger partial charge is 0.309 e. The third kappa shape index (κ3) is 5.29. The van der Waals surface area contributed by atoms with Crippen molar-refractivity contribution in [2.45, 2.75) is 0 Å². The molecule has 4 heterocycles. The first kappa shape index (κ1) is 31.9. The number of aromatic nitrogens is 5. The second-order valence-electron chi connectivity index (χ2n) is 14.1. The maximum Gasteiger partial charge on any atom is 0.332 e. The SMILES string of the molecule is c1ccc(-c2cc(-[n+]3cccc(-n4c5ccccc5c5cc(-c6ccc7c(c6)c6ccccc6n7-c6ccccc6)ccc54)c3)nc(-c3ccccc3)n2)cc1. The van der Waals surface area contributed by atoms with Crippen LogP contribution in [-0.4, -0.2) is 19.1 Å². The van der Waals surface area contributed by atoms with Crippen LogP contribution in [0.25, 0.3) is 94.6 Å². The number of fused-ring (bicyclic) bond motifs is 6. The lowest BCUT2D eigenvalue weighted by Gasteiger charge is -2.10. The molecule has 0 saturated heterocycles. The van der Waals surface area contributed by atoms with Crippen LogP contribution >= 0.6 is 0 Å². The van der Waals surface area contributed by atoms with Crippen molar-refractivity contribution in [3.63, 3.8) is 0 Å². The van der Waals surface area contributed by atoms with Crippen LogP contribution in [0.15, 0.2) is 207 Å². The van der Waals surface area contributed by atoms with Gasteiger partial charge in [-0.25, -0.2) is 9.55 Å². The molecule has 0 fully saturated rings. The number of pyridine rings is 1. The Morgan fingerprint density at radius 2 is 0.857 bits per heavy atom. The molecule has 0 N–H and O–H groups in total. The van der Waals surface area contributed by atoms with E-state index in [2.05, 4.69) is 184 Å². The van der Waals surface area contributed by atoms with Crippen LogP contribution in [0.2, 0.25) is 0 Å². The molecule has 0 amide bonds. The fourth-order valence-corrected chi connectivity index (χ4v) is 8.22. The molecule has 0 bridgehead atoms. The van der Waals surface area contributed by atoms with Crippen molar-refractivity contribution in [2.75, 3.05) is 0 Å². The van der Waals surface area contributed by atoms with E-state index < -0.39 is 0 Å². The lowest BCUT2D eigenvalue weighted by molar-refractivity contribution is -0.599. The van der Waals surface area contributed by atoms with Gasteiger partial charge in [-0.3, -0.25) is 0 Å².